The summed E-state index contributed by atoms with van der Waals surface area (Å²) in [7, 11) is 0. The van der Waals surface area contributed by atoms with Crippen LogP contribution in [0, 0.1) is 11.3 Å². The molecule has 74 valence electrons. The van der Waals surface area contributed by atoms with Crippen LogP contribution in [0.5, 0.6) is 0 Å². The van der Waals surface area contributed by atoms with Gasteiger partial charge in [-0.25, -0.2) is 0 Å². The molecule has 1 aromatic rings. The van der Waals surface area contributed by atoms with Gasteiger partial charge in [0.05, 0.1) is 5.56 Å². The Morgan fingerprint density at radius 1 is 1.36 bits per heavy atom. The molecule has 1 aromatic carbocycles. The van der Waals surface area contributed by atoms with E-state index in [9.17, 15) is 0 Å². The smallest absolute Gasteiger partial charge is 0.100 e. The minimum Gasteiger partial charge on any atom is -0.192 e. The Hall–Kier alpha value is -0.650. The van der Waals surface area contributed by atoms with Crippen molar-refractivity contribution in [2.24, 2.45) is 0 Å². The Labute approximate surface area is 94.1 Å². The van der Waals surface area contributed by atoms with E-state index in [0.29, 0.717) is 10.6 Å². The second-order valence-electron chi connectivity index (χ2n) is 3.97. The van der Waals surface area contributed by atoms with Gasteiger partial charge in [-0.3, -0.25) is 0 Å². The molecule has 1 nitrogen and oxygen atoms in total. The van der Waals surface area contributed by atoms with Gasteiger partial charge in [0.15, 0.2) is 0 Å². The van der Waals surface area contributed by atoms with E-state index < -0.39 is 0 Å². The first kappa shape index (κ1) is 11.4. The monoisotopic (exact) mass is 225 g/mol. The van der Waals surface area contributed by atoms with E-state index in [4.69, 9.17) is 16.9 Å². The van der Waals surface area contributed by atoms with E-state index in [2.05, 4.69) is 26.8 Å². The van der Waals surface area contributed by atoms with Crippen LogP contribution in [-0.2, 0) is 0 Å². The van der Waals surface area contributed by atoms with Crippen LogP contribution in [0.3, 0.4) is 0 Å². The molecule has 14 heavy (non-hydrogen) atoms. The summed E-state index contributed by atoms with van der Waals surface area (Å²) in [5.74, 6) is 0. The number of rotatable bonds is 1. The highest BCUT2D eigenvalue weighted by Gasteiger charge is 2.14. The van der Waals surface area contributed by atoms with E-state index in [0.717, 1.165) is 4.90 Å². The number of halogens is 1. The lowest BCUT2D eigenvalue weighted by Gasteiger charge is -2.18. The molecule has 0 amide bonds. The van der Waals surface area contributed by atoms with Crippen molar-refractivity contribution < 1.29 is 0 Å². The maximum absolute atomic E-state index is 8.92. The third-order valence-corrected chi connectivity index (χ3v) is 2.90. The van der Waals surface area contributed by atoms with Crippen LogP contribution in [0.25, 0.3) is 0 Å². The molecule has 0 atom stereocenters. The van der Waals surface area contributed by atoms with Crippen molar-refractivity contribution in [3.8, 4) is 6.07 Å². The molecule has 0 fully saturated rings. The number of hydrogen-bond acceptors (Lipinski definition) is 2. The van der Waals surface area contributed by atoms with Gasteiger partial charge in [0, 0.05) is 14.7 Å². The molecule has 0 N–H and O–H groups in total. The molecular weight excluding hydrogens is 214 g/mol. The Kier molecular flexibility index (Phi) is 3.47. The van der Waals surface area contributed by atoms with E-state index in [1.807, 2.05) is 12.1 Å². The van der Waals surface area contributed by atoms with Crippen molar-refractivity contribution in [3.63, 3.8) is 0 Å². The van der Waals surface area contributed by atoms with Gasteiger partial charge in [-0.05, 0) is 18.2 Å². The Morgan fingerprint density at radius 3 is 2.50 bits per heavy atom. The lowest BCUT2D eigenvalue weighted by Crippen LogP contribution is -2.07. The standard InChI is InChI=1S/C11H12ClNS/c1-11(2,3)14-10-5-4-9(12)6-8(10)7-13/h4-6H,1-3H3. The molecule has 0 aromatic heterocycles. The molecule has 0 bridgehead atoms. The van der Waals surface area contributed by atoms with Gasteiger partial charge in [-0.1, -0.05) is 32.4 Å². The first-order valence-electron chi connectivity index (χ1n) is 4.31. The van der Waals surface area contributed by atoms with Gasteiger partial charge in [-0.2, -0.15) is 5.26 Å². The number of nitrogens with zero attached hydrogens (tertiary/aromatic N) is 1. The van der Waals surface area contributed by atoms with Gasteiger partial charge < -0.3 is 0 Å². The van der Waals surface area contributed by atoms with Crippen molar-refractivity contribution in [1.29, 1.82) is 5.26 Å². The topological polar surface area (TPSA) is 23.8 Å². The van der Waals surface area contributed by atoms with Crippen LogP contribution in [0.2, 0.25) is 5.02 Å². The zero-order valence-electron chi connectivity index (χ0n) is 8.47. The minimum absolute atomic E-state index is 0.111. The van der Waals surface area contributed by atoms with Crippen molar-refractivity contribution >= 4 is 23.4 Å². The van der Waals surface area contributed by atoms with Crippen molar-refractivity contribution in [3.05, 3.63) is 28.8 Å². The first-order chi connectivity index (χ1) is 6.42. The van der Waals surface area contributed by atoms with Crippen LogP contribution in [0.1, 0.15) is 26.3 Å². The van der Waals surface area contributed by atoms with E-state index in [1.165, 1.54) is 0 Å². The number of hydrogen-bond donors (Lipinski definition) is 0. The molecule has 0 radical (unpaired) electrons. The summed E-state index contributed by atoms with van der Waals surface area (Å²) in [6.45, 7) is 6.36. The van der Waals surface area contributed by atoms with Crippen molar-refractivity contribution in [2.75, 3.05) is 0 Å². The summed E-state index contributed by atoms with van der Waals surface area (Å²) < 4.78 is 0.111. The summed E-state index contributed by atoms with van der Waals surface area (Å²) in [4.78, 5) is 0.990. The zero-order chi connectivity index (χ0) is 10.8. The molecule has 3 heteroatoms. The predicted molar refractivity (Wildman–Crippen MR) is 61.8 cm³/mol. The fraction of sp³-hybridized carbons (Fsp3) is 0.364. The van der Waals surface area contributed by atoms with Crippen LogP contribution >= 0.6 is 23.4 Å². The Morgan fingerprint density at radius 2 is 2.00 bits per heavy atom. The molecule has 0 spiro atoms. The fourth-order valence-corrected chi connectivity index (χ4v) is 2.19. The van der Waals surface area contributed by atoms with Crippen molar-refractivity contribution in [2.45, 2.75) is 30.4 Å². The molecule has 0 saturated carbocycles. The van der Waals surface area contributed by atoms with Gasteiger partial charge in [0.1, 0.15) is 6.07 Å². The number of benzene rings is 1. The fourth-order valence-electron chi connectivity index (χ4n) is 1.01. The SMILES string of the molecule is CC(C)(C)Sc1ccc(Cl)cc1C#N. The van der Waals surface area contributed by atoms with Gasteiger partial charge in [-0.15, -0.1) is 11.8 Å². The molecule has 0 heterocycles. The Balaban J connectivity index is 3.05. The number of nitriles is 1. The van der Waals surface area contributed by atoms with Crippen LogP contribution in [0.4, 0.5) is 0 Å². The zero-order valence-corrected chi connectivity index (χ0v) is 10.0. The first-order valence-corrected chi connectivity index (χ1v) is 5.50. The predicted octanol–water partition coefficient (Wildman–Crippen LogP) is 4.10. The average molecular weight is 226 g/mol. The molecular formula is C11H12ClNS. The van der Waals surface area contributed by atoms with Gasteiger partial charge in [0.2, 0.25) is 0 Å². The summed E-state index contributed by atoms with van der Waals surface area (Å²) in [5.41, 5.74) is 0.650. The third-order valence-electron chi connectivity index (χ3n) is 1.48. The maximum atomic E-state index is 8.92. The maximum Gasteiger partial charge on any atom is 0.100 e. The lowest BCUT2D eigenvalue weighted by atomic mass is 10.2. The van der Waals surface area contributed by atoms with Gasteiger partial charge >= 0.3 is 0 Å². The molecule has 0 aliphatic heterocycles. The quantitative estimate of drug-likeness (QED) is 0.672. The summed E-state index contributed by atoms with van der Waals surface area (Å²) in [6, 6.07) is 7.57. The molecule has 0 saturated heterocycles. The molecule has 0 unspecified atom stereocenters. The third kappa shape index (κ3) is 3.25. The average Bonchev–Trinajstić information content (AvgIpc) is 2.06. The Bertz CT molecular complexity index is 374. The molecule has 1 rings (SSSR count). The highest BCUT2D eigenvalue weighted by molar-refractivity contribution is 8.00. The second kappa shape index (κ2) is 4.25. The van der Waals surface area contributed by atoms with E-state index >= 15 is 0 Å². The second-order valence-corrected chi connectivity index (χ2v) is 6.27. The molecule has 0 aliphatic rings. The highest BCUT2D eigenvalue weighted by atomic mass is 35.5. The summed E-state index contributed by atoms with van der Waals surface area (Å²) in [5, 5.41) is 9.53. The number of thioether (sulfide) groups is 1. The summed E-state index contributed by atoms with van der Waals surface area (Å²) >= 11 is 7.49. The van der Waals surface area contributed by atoms with Gasteiger partial charge in [0.25, 0.3) is 0 Å². The van der Waals surface area contributed by atoms with E-state index in [1.54, 1.807) is 17.8 Å². The minimum atomic E-state index is 0.111. The van der Waals surface area contributed by atoms with E-state index in [-0.39, 0.29) is 4.75 Å². The largest absolute Gasteiger partial charge is 0.192 e. The van der Waals surface area contributed by atoms with Crippen LogP contribution in [0.15, 0.2) is 23.1 Å². The van der Waals surface area contributed by atoms with Crippen LogP contribution in [-0.4, -0.2) is 4.75 Å². The summed E-state index contributed by atoms with van der Waals surface area (Å²) in [6.07, 6.45) is 0. The van der Waals surface area contributed by atoms with Crippen LogP contribution < -0.4 is 0 Å². The normalized spacial score (nSPS) is 11.1. The molecule has 0 aliphatic carbocycles. The lowest BCUT2D eigenvalue weighted by molar-refractivity contribution is 0.802. The highest BCUT2D eigenvalue weighted by Crippen LogP contribution is 2.34. The van der Waals surface area contributed by atoms with Crippen molar-refractivity contribution in [1.82, 2.24) is 0 Å².